The van der Waals surface area contributed by atoms with E-state index in [0.29, 0.717) is 17.7 Å². The summed E-state index contributed by atoms with van der Waals surface area (Å²) in [5.74, 6) is -0.226. The standard InChI is InChI=1S/C21H19NO3/c1-15-12-19(21(23)24)9-5-8-17(15)6-3-4-7-18-13-16(14-22)10-11-20(18)25-2/h3-7,9-13H,8H2,1-2H3,(H,23,24)/b6-3-,7-4+. The maximum atomic E-state index is 11.1. The molecule has 1 aromatic rings. The zero-order chi connectivity index (χ0) is 18.2. The number of rotatable bonds is 5. The first-order valence-electron chi connectivity index (χ1n) is 7.79. The molecule has 0 radical (unpaired) electrons. The molecule has 1 aliphatic rings. The molecule has 0 atom stereocenters. The number of carboxylic acid groups (broad SMARTS) is 1. The topological polar surface area (TPSA) is 70.3 Å². The van der Waals surface area contributed by atoms with Gasteiger partial charge in [0.25, 0.3) is 0 Å². The highest BCUT2D eigenvalue weighted by Gasteiger charge is 2.07. The first kappa shape index (κ1) is 18.0. The Balaban J connectivity index is 2.20. The van der Waals surface area contributed by atoms with Crippen LogP contribution < -0.4 is 4.74 Å². The van der Waals surface area contributed by atoms with Crippen LogP contribution in [0, 0.1) is 11.3 Å². The van der Waals surface area contributed by atoms with E-state index in [-0.39, 0.29) is 5.57 Å². The second-order valence-electron chi connectivity index (χ2n) is 5.51. The van der Waals surface area contributed by atoms with E-state index in [1.807, 2.05) is 37.3 Å². The summed E-state index contributed by atoms with van der Waals surface area (Å²) >= 11 is 0. The molecule has 0 unspecified atom stereocenters. The molecule has 1 N–H and O–H groups in total. The number of ether oxygens (including phenoxy) is 1. The number of nitriles is 1. The van der Waals surface area contributed by atoms with Crippen LogP contribution in [0.3, 0.4) is 0 Å². The molecule has 0 fully saturated rings. The molecule has 0 aromatic heterocycles. The van der Waals surface area contributed by atoms with Gasteiger partial charge in [-0.3, -0.25) is 0 Å². The van der Waals surface area contributed by atoms with Gasteiger partial charge in [0.15, 0.2) is 0 Å². The van der Waals surface area contributed by atoms with Crippen LogP contribution in [-0.2, 0) is 4.79 Å². The lowest BCUT2D eigenvalue weighted by Crippen LogP contribution is -1.97. The van der Waals surface area contributed by atoms with Gasteiger partial charge < -0.3 is 9.84 Å². The Morgan fingerprint density at radius 2 is 2.08 bits per heavy atom. The highest BCUT2D eigenvalue weighted by atomic mass is 16.5. The normalized spacial score (nSPS) is 14.5. The van der Waals surface area contributed by atoms with Crippen molar-refractivity contribution in [3.63, 3.8) is 0 Å². The quantitative estimate of drug-likeness (QED) is 0.810. The van der Waals surface area contributed by atoms with E-state index in [0.717, 1.165) is 16.7 Å². The van der Waals surface area contributed by atoms with Gasteiger partial charge >= 0.3 is 5.97 Å². The molecule has 126 valence electrons. The van der Waals surface area contributed by atoms with E-state index in [2.05, 4.69) is 6.07 Å². The van der Waals surface area contributed by atoms with Crippen LogP contribution in [0.4, 0.5) is 0 Å². The molecule has 4 heteroatoms. The van der Waals surface area contributed by atoms with Crippen LogP contribution in [0.5, 0.6) is 5.75 Å². The Labute approximate surface area is 147 Å². The molecule has 0 saturated heterocycles. The maximum Gasteiger partial charge on any atom is 0.335 e. The number of hydrogen-bond donors (Lipinski definition) is 1. The predicted octanol–water partition coefficient (Wildman–Crippen LogP) is 4.42. The van der Waals surface area contributed by atoms with Crippen molar-refractivity contribution in [2.24, 2.45) is 0 Å². The fraction of sp³-hybridized carbons (Fsp3) is 0.143. The van der Waals surface area contributed by atoms with Crippen molar-refractivity contribution < 1.29 is 14.6 Å². The fourth-order valence-electron chi connectivity index (χ4n) is 2.45. The third-order valence-corrected chi connectivity index (χ3v) is 3.80. The van der Waals surface area contributed by atoms with Crippen LogP contribution in [0.1, 0.15) is 24.5 Å². The van der Waals surface area contributed by atoms with Gasteiger partial charge in [-0.1, -0.05) is 36.5 Å². The van der Waals surface area contributed by atoms with Crippen LogP contribution >= 0.6 is 0 Å². The second kappa shape index (κ2) is 8.51. The SMILES string of the molecule is COc1ccc(C#N)cc1/C=C/C=C\C1=C(C)C=C(C(=O)O)C=CC1. The van der Waals surface area contributed by atoms with Gasteiger partial charge in [0, 0.05) is 5.56 Å². The van der Waals surface area contributed by atoms with E-state index in [1.165, 1.54) is 0 Å². The Morgan fingerprint density at radius 3 is 2.76 bits per heavy atom. The minimum Gasteiger partial charge on any atom is -0.496 e. The van der Waals surface area contributed by atoms with Gasteiger partial charge in [-0.05, 0) is 48.8 Å². The largest absolute Gasteiger partial charge is 0.496 e. The zero-order valence-corrected chi connectivity index (χ0v) is 14.2. The predicted molar refractivity (Wildman–Crippen MR) is 98.1 cm³/mol. The summed E-state index contributed by atoms with van der Waals surface area (Å²) in [7, 11) is 1.59. The first-order chi connectivity index (χ1) is 12.0. The molecule has 0 spiro atoms. The van der Waals surface area contributed by atoms with Gasteiger partial charge in [0.05, 0.1) is 24.3 Å². The van der Waals surface area contributed by atoms with Crippen molar-refractivity contribution in [1.82, 2.24) is 0 Å². The van der Waals surface area contributed by atoms with Crippen molar-refractivity contribution in [1.29, 1.82) is 5.26 Å². The Hall–Kier alpha value is -3.32. The highest BCUT2D eigenvalue weighted by molar-refractivity contribution is 5.90. The number of hydrogen-bond acceptors (Lipinski definition) is 3. The summed E-state index contributed by atoms with van der Waals surface area (Å²) in [6.45, 7) is 1.90. The smallest absolute Gasteiger partial charge is 0.335 e. The van der Waals surface area contributed by atoms with Crippen LogP contribution in [0.2, 0.25) is 0 Å². The Bertz CT molecular complexity index is 862. The van der Waals surface area contributed by atoms with Crippen LogP contribution in [0.15, 0.2) is 71.4 Å². The number of methoxy groups -OCH3 is 1. The van der Waals surface area contributed by atoms with E-state index >= 15 is 0 Å². The maximum absolute atomic E-state index is 11.1. The number of nitrogens with zero attached hydrogens (tertiary/aromatic N) is 1. The van der Waals surface area contributed by atoms with Gasteiger partial charge in [-0.2, -0.15) is 5.26 Å². The molecule has 0 amide bonds. The monoisotopic (exact) mass is 333 g/mol. The molecule has 0 aliphatic heterocycles. The summed E-state index contributed by atoms with van der Waals surface area (Å²) in [6.07, 6.45) is 13.4. The molecule has 0 heterocycles. The van der Waals surface area contributed by atoms with Crippen molar-refractivity contribution in [2.45, 2.75) is 13.3 Å². The molecule has 1 aliphatic carbocycles. The van der Waals surface area contributed by atoms with Crippen molar-refractivity contribution in [3.8, 4) is 11.8 Å². The third-order valence-electron chi connectivity index (χ3n) is 3.80. The molecular formula is C21H19NO3. The number of benzene rings is 1. The summed E-state index contributed by atoms with van der Waals surface area (Å²) in [5, 5.41) is 18.1. The van der Waals surface area contributed by atoms with Crippen LogP contribution in [0.25, 0.3) is 6.08 Å². The van der Waals surface area contributed by atoms with E-state index in [9.17, 15) is 4.79 Å². The lowest BCUT2D eigenvalue weighted by atomic mass is 10.1. The first-order valence-corrected chi connectivity index (χ1v) is 7.79. The van der Waals surface area contributed by atoms with E-state index in [4.69, 9.17) is 15.1 Å². The van der Waals surface area contributed by atoms with E-state index in [1.54, 1.807) is 37.5 Å². The second-order valence-corrected chi connectivity index (χ2v) is 5.51. The number of allylic oxidation sites excluding steroid dienone is 7. The van der Waals surface area contributed by atoms with Crippen LogP contribution in [-0.4, -0.2) is 18.2 Å². The van der Waals surface area contributed by atoms with E-state index < -0.39 is 5.97 Å². The summed E-state index contributed by atoms with van der Waals surface area (Å²) < 4.78 is 5.29. The minimum absolute atomic E-state index is 0.287. The fourth-order valence-corrected chi connectivity index (χ4v) is 2.45. The number of carboxylic acids is 1. The molecule has 25 heavy (non-hydrogen) atoms. The molecule has 4 nitrogen and oxygen atoms in total. The van der Waals surface area contributed by atoms with Crippen molar-refractivity contribution in [2.75, 3.05) is 7.11 Å². The molecule has 0 bridgehead atoms. The van der Waals surface area contributed by atoms with Crippen molar-refractivity contribution >= 4 is 12.0 Å². The number of aliphatic carboxylic acids is 1. The average Bonchev–Trinajstić information content (AvgIpc) is 2.80. The molecular weight excluding hydrogens is 314 g/mol. The van der Waals surface area contributed by atoms with Gasteiger partial charge in [0.1, 0.15) is 5.75 Å². The molecule has 0 saturated carbocycles. The summed E-state index contributed by atoms with van der Waals surface area (Å²) in [4.78, 5) is 11.1. The summed E-state index contributed by atoms with van der Waals surface area (Å²) in [5.41, 5.74) is 3.66. The van der Waals surface area contributed by atoms with Gasteiger partial charge in [-0.25, -0.2) is 4.79 Å². The van der Waals surface area contributed by atoms with Gasteiger partial charge in [-0.15, -0.1) is 0 Å². The highest BCUT2D eigenvalue weighted by Crippen LogP contribution is 2.22. The lowest BCUT2D eigenvalue weighted by Gasteiger charge is -2.04. The zero-order valence-electron chi connectivity index (χ0n) is 14.2. The number of carbonyl (C=O) groups is 1. The Kier molecular flexibility index (Phi) is 6.14. The molecule has 2 rings (SSSR count). The summed E-state index contributed by atoms with van der Waals surface area (Å²) in [6, 6.07) is 7.36. The molecule has 1 aromatic carbocycles. The van der Waals surface area contributed by atoms with Crippen molar-refractivity contribution in [3.05, 3.63) is 82.5 Å². The minimum atomic E-state index is -0.926. The third kappa shape index (κ3) is 4.82. The van der Waals surface area contributed by atoms with Gasteiger partial charge in [0.2, 0.25) is 0 Å². The Morgan fingerprint density at radius 1 is 1.32 bits per heavy atom. The lowest BCUT2D eigenvalue weighted by molar-refractivity contribution is -0.132. The average molecular weight is 333 g/mol.